The van der Waals surface area contributed by atoms with Gasteiger partial charge in [0.25, 0.3) is 0 Å². The molecule has 1 aromatic carbocycles. The summed E-state index contributed by atoms with van der Waals surface area (Å²) >= 11 is 0. The second-order valence-electron chi connectivity index (χ2n) is 3.26. The van der Waals surface area contributed by atoms with Crippen LogP contribution < -0.4 is 5.32 Å². The van der Waals surface area contributed by atoms with E-state index in [2.05, 4.69) is 43.4 Å². The molecular weight excluding hydrogens is 146 g/mol. The van der Waals surface area contributed by atoms with Gasteiger partial charge in [0.1, 0.15) is 5.69 Å². The highest BCUT2D eigenvalue weighted by Gasteiger charge is 1.93. The fourth-order valence-electron chi connectivity index (χ4n) is 1.18. The molecule has 0 aliphatic rings. The normalized spacial score (nSPS) is 10.2. The molecule has 0 heterocycles. The average molecular weight is 164 g/mol. The molecule has 1 rings (SSSR count). The smallest absolute Gasteiger partial charge is 0.129 e. The van der Waals surface area contributed by atoms with E-state index in [-0.39, 0.29) is 0 Å². The van der Waals surface area contributed by atoms with E-state index in [1.165, 1.54) is 30.6 Å². The fourth-order valence-corrected chi connectivity index (χ4v) is 1.18. The maximum atomic E-state index is 2.31. The molecule has 0 fully saturated rings. The number of benzene rings is 1. The Bertz CT molecular complexity index is 213. The predicted molar refractivity (Wildman–Crippen MR) is 52.5 cm³/mol. The van der Waals surface area contributed by atoms with E-state index >= 15 is 0 Å². The Hall–Kier alpha value is -0.820. The highest BCUT2D eigenvalue weighted by molar-refractivity contribution is 5.30. The van der Waals surface area contributed by atoms with Crippen molar-refractivity contribution in [2.45, 2.75) is 26.7 Å². The number of nitrogens with two attached hydrogens (primary N) is 1. The van der Waals surface area contributed by atoms with Crippen molar-refractivity contribution < 1.29 is 5.32 Å². The van der Waals surface area contributed by atoms with Crippen LogP contribution in [0.4, 0.5) is 5.69 Å². The number of unbranched alkanes of at least 4 members (excludes halogenated alkanes) is 1. The number of aryl methyl sites for hydroxylation is 1. The molecule has 0 saturated heterocycles. The Morgan fingerprint density at radius 1 is 1.17 bits per heavy atom. The van der Waals surface area contributed by atoms with E-state index in [1.807, 2.05) is 0 Å². The van der Waals surface area contributed by atoms with E-state index in [1.54, 1.807) is 0 Å². The summed E-state index contributed by atoms with van der Waals surface area (Å²) in [5.74, 6) is 0. The zero-order valence-corrected chi connectivity index (χ0v) is 8.01. The molecule has 0 spiro atoms. The predicted octanol–water partition coefficient (Wildman–Crippen LogP) is 1.99. The average Bonchev–Trinajstić information content (AvgIpc) is 2.09. The van der Waals surface area contributed by atoms with E-state index in [0.29, 0.717) is 0 Å². The van der Waals surface area contributed by atoms with Crippen LogP contribution in [0.5, 0.6) is 0 Å². The molecule has 0 aromatic heterocycles. The highest BCUT2D eigenvalue weighted by atomic mass is 14.9. The summed E-state index contributed by atoms with van der Waals surface area (Å²) in [5.41, 5.74) is 2.69. The standard InChI is InChI=1S/C11H17N/c1-3-4-9-12-11-7-5-10(2)6-8-11/h5-8,12H,3-4,9H2,1-2H3/p+1. The molecule has 0 unspecified atom stereocenters. The third kappa shape index (κ3) is 3.05. The summed E-state index contributed by atoms with van der Waals surface area (Å²) in [7, 11) is 0. The van der Waals surface area contributed by atoms with Crippen LogP contribution in [0.25, 0.3) is 0 Å². The maximum absolute atomic E-state index is 2.31. The number of rotatable bonds is 4. The van der Waals surface area contributed by atoms with Gasteiger partial charge in [0.05, 0.1) is 6.54 Å². The van der Waals surface area contributed by atoms with Gasteiger partial charge in [0.15, 0.2) is 0 Å². The molecule has 1 heteroatoms. The second kappa shape index (κ2) is 4.94. The molecule has 2 N–H and O–H groups in total. The van der Waals surface area contributed by atoms with Gasteiger partial charge in [0, 0.05) is 0 Å². The Morgan fingerprint density at radius 3 is 2.42 bits per heavy atom. The van der Waals surface area contributed by atoms with Crippen LogP contribution in [0, 0.1) is 6.92 Å². The maximum Gasteiger partial charge on any atom is 0.129 e. The van der Waals surface area contributed by atoms with Crippen molar-refractivity contribution in [3.8, 4) is 0 Å². The lowest BCUT2D eigenvalue weighted by atomic mass is 10.2. The Morgan fingerprint density at radius 2 is 1.83 bits per heavy atom. The Balaban J connectivity index is 2.37. The lowest BCUT2D eigenvalue weighted by molar-refractivity contribution is -0.571. The zero-order chi connectivity index (χ0) is 8.81. The SMILES string of the molecule is CCCC[NH2+]c1ccc(C)cc1. The largest absolute Gasteiger partial charge is 0.314 e. The third-order valence-electron chi connectivity index (χ3n) is 2.02. The molecular formula is C11H18N+. The summed E-state index contributed by atoms with van der Waals surface area (Å²) in [6.07, 6.45) is 2.58. The minimum absolute atomic E-state index is 1.21. The minimum atomic E-state index is 1.21. The molecule has 0 bridgehead atoms. The van der Waals surface area contributed by atoms with E-state index in [9.17, 15) is 0 Å². The van der Waals surface area contributed by atoms with Gasteiger partial charge >= 0.3 is 0 Å². The van der Waals surface area contributed by atoms with Gasteiger partial charge in [-0.15, -0.1) is 0 Å². The van der Waals surface area contributed by atoms with Crippen LogP contribution in [0.15, 0.2) is 24.3 Å². The van der Waals surface area contributed by atoms with Crippen molar-refractivity contribution >= 4 is 5.69 Å². The summed E-state index contributed by atoms with van der Waals surface area (Å²) in [6.45, 7) is 5.55. The molecule has 0 saturated carbocycles. The van der Waals surface area contributed by atoms with Gasteiger partial charge in [0.2, 0.25) is 0 Å². The third-order valence-corrected chi connectivity index (χ3v) is 2.02. The molecule has 0 radical (unpaired) electrons. The van der Waals surface area contributed by atoms with Crippen molar-refractivity contribution in [1.82, 2.24) is 0 Å². The van der Waals surface area contributed by atoms with Gasteiger partial charge in [-0.1, -0.05) is 31.0 Å². The molecule has 66 valence electrons. The van der Waals surface area contributed by atoms with Crippen molar-refractivity contribution in [1.29, 1.82) is 0 Å². The fraction of sp³-hybridized carbons (Fsp3) is 0.455. The van der Waals surface area contributed by atoms with E-state index < -0.39 is 0 Å². The van der Waals surface area contributed by atoms with Crippen LogP contribution in [0.3, 0.4) is 0 Å². The molecule has 0 aliphatic heterocycles. The zero-order valence-electron chi connectivity index (χ0n) is 8.01. The van der Waals surface area contributed by atoms with Crippen LogP contribution in [0.1, 0.15) is 25.3 Å². The first-order chi connectivity index (χ1) is 5.83. The minimum Gasteiger partial charge on any atom is -0.314 e. The molecule has 0 amide bonds. The molecule has 1 aromatic rings. The number of hydrogen-bond donors (Lipinski definition) is 1. The van der Waals surface area contributed by atoms with Crippen molar-refractivity contribution in [3.63, 3.8) is 0 Å². The monoisotopic (exact) mass is 164 g/mol. The van der Waals surface area contributed by atoms with Gasteiger partial charge in [-0.2, -0.15) is 0 Å². The quantitative estimate of drug-likeness (QED) is 0.517. The Kier molecular flexibility index (Phi) is 3.81. The highest BCUT2D eigenvalue weighted by Crippen LogP contribution is 2.01. The Labute approximate surface area is 74.8 Å². The summed E-state index contributed by atoms with van der Waals surface area (Å²) in [5, 5.41) is 2.31. The van der Waals surface area contributed by atoms with Crippen LogP contribution in [-0.2, 0) is 0 Å². The van der Waals surface area contributed by atoms with E-state index in [4.69, 9.17) is 0 Å². The molecule has 0 aliphatic carbocycles. The first-order valence-corrected chi connectivity index (χ1v) is 4.73. The number of quaternary nitrogens is 1. The summed E-state index contributed by atoms with van der Waals surface area (Å²) < 4.78 is 0. The molecule has 0 atom stereocenters. The molecule has 1 nitrogen and oxygen atoms in total. The summed E-state index contributed by atoms with van der Waals surface area (Å²) in [6, 6.07) is 8.70. The second-order valence-corrected chi connectivity index (χ2v) is 3.26. The molecule has 12 heavy (non-hydrogen) atoms. The van der Waals surface area contributed by atoms with Crippen LogP contribution in [0.2, 0.25) is 0 Å². The first kappa shape index (κ1) is 9.27. The lowest BCUT2D eigenvalue weighted by Gasteiger charge is -1.99. The van der Waals surface area contributed by atoms with Crippen LogP contribution in [-0.4, -0.2) is 6.54 Å². The first-order valence-electron chi connectivity index (χ1n) is 4.73. The van der Waals surface area contributed by atoms with Crippen LogP contribution >= 0.6 is 0 Å². The van der Waals surface area contributed by atoms with Crippen molar-refractivity contribution in [2.24, 2.45) is 0 Å². The van der Waals surface area contributed by atoms with Gasteiger partial charge in [-0.3, -0.25) is 0 Å². The topological polar surface area (TPSA) is 16.6 Å². The summed E-state index contributed by atoms with van der Waals surface area (Å²) in [4.78, 5) is 0. The van der Waals surface area contributed by atoms with Gasteiger partial charge in [-0.05, 0) is 25.5 Å². The van der Waals surface area contributed by atoms with E-state index in [0.717, 1.165) is 0 Å². The van der Waals surface area contributed by atoms with Crippen molar-refractivity contribution in [3.05, 3.63) is 29.8 Å². The van der Waals surface area contributed by atoms with Crippen molar-refractivity contribution in [2.75, 3.05) is 6.54 Å². The van der Waals surface area contributed by atoms with Gasteiger partial charge in [-0.25, -0.2) is 0 Å². The number of hydrogen-bond acceptors (Lipinski definition) is 0. The lowest BCUT2D eigenvalue weighted by Crippen LogP contribution is -2.77. The van der Waals surface area contributed by atoms with Gasteiger partial charge < -0.3 is 5.32 Å².